The van der Waals surface area contributed by atoms with Gasteiger partial charge in [0.25, 0.3) is 0 Å². The summed E-state index contributed by atoms with van der Waals surface area (Å²) in [5, 5.41) is 5.85. The van der Waals surface area contributed by atoms with Gasteiger partial charge in [-0.15, -0.1) is 0 Å². The zero-order chi connectivity index (χ0) is 41.7. The molecule has 0 fully saturated rings. The monoisotopic (exact) mass is 817 g/mol. The van der Waals surface area contributed by atoms with Crippen molar-refractivity contribution < 1.29 is 8.83 Å². The molecule has 0 unspecified atom stereocenters. The van der Waals surface area contributed by atoms with Gasteiger partial charge in [-0.2, -0.15) is 0 Å². The van der Waals surface area contributed by atoms with Gasteiger partial charge in [-0.05, 0) is 135 Å². The molecule has 3 aromatic heterocycles. The van der Waals surface area contributed by atoms with Crippen LogP contribution >= 0.6 is 0 Å². The summed E-state index contributed by atoms with van der Waals surface area (Å²) in [7, 11) is 0. The molecular formula is C61H39NO2. The van der Waals surface area contributed by atoms with Crippen LogP contribution in [-0.2, 0) is 11.8 Å². The zero-order valence-corrected chi connectivity index (χ0v) is 35.0. The number of rotatable bonds is 3. The van der Waals surface area contributed by atoms with Crippen LogP contribution in [-0.4, -0.2) is 4.57 Å². The molecule has 0 radical (unpaired) electrons. The normalized spacial score (nSPS) is 15.7. The maximum absolute atomic E-state index is 6.36. The van der Waals surface area contributed by atoms with Crippen molar-refractivity contribution in [3.05, 3.63) is 233 Å². The number of hydrogen-bond donors (Lipinski definition) is 0. The van der Waals surface area contributed by atoms with E-state index in [2.05, 4.69) is 187 Å². The molecule has 0 aliphatic heterocycles. The number of furan rings is 2. The van der Waals surface area contributed by atoms with Gasteiger partial charge >= 0.3 is 0 Å². The number of fused-ring (bicyclic) bond motifs is 18. The van der Waals surface area contributed by atoms with Crippen LogP contribution in [0.2, 0.25) is 0 Å². The molecule has 0 bridgehead atoms. The summed E-state index contributed by atoms with van der Waals surface area (Å²) in [6.45, 7) is 0. The van der Waals surface area contributed by atoms with Gasteiger partial charge in [-0.1, -0.05) is 140 Å². The van der Waals surface area contributed by atoms with Gasteiger partial charge in [-0.25, -0.2) is 0 Å². The molecule has 3 nitrogen and oxygen atoms in total. The van der Waals surface area contributed by atoms with Crippen LogP contribution in [0.5, 0.6) is 0 Å². The molecule has 0 saturated heterocycles. The third-order valence-electron chi connectivity index (χ3n) is 15.0. The standard InChI is InChI=1S/C61H39NO2/c1-6-21-47-40(14-1)41-15-2-7-22-48(41)61(47)49-23-8-3-18-44(49)58-50(61)24-13-27-51(58)62-52-25-11-19-38(36-30-32-56-45(34-36)42-16-4-9-28-54(42)63-56)59(52)60-39(20-12-26-53(60)62)37-31-33-57-46(35-37)43-17-5-10-29-55(43)64-57/h1-7,9-11,13-22,24-25,27-35H,8,12,23,26H2. The first-order chi connectivity index (χ1) is 31.8. The largest absolute Gasteiger partial charge is 0.456 e. The fraction of sp³-hybridized carbons (Fsp3) is 0.0820. The SMILES string of the molecule is C1=CC2=C(CC1)C1(c3ccccc3-c3ccccc31)c1cccc(-n3c4c(c5c(-c6ccc7oc8ccccc8c7c6)cccc53)C(c3ccc5oc6ccccc6c5c3)=CCC4)c12. The third kappa shape index (κ3) is 4.36. The van der Waals surface area contributed by atoms with Crippen molar-refractivity contribution in [1.82, 2.24) is 4.57 Å². The number of allylic oxidation sites excluding steroid dienone is 5. The maximum atomic E-state index is 6.36. The van der Waals surface area contributed by atoms with Crippen molar-refractivity contribution in [2.75, 3.05) is 0 Å². The molecule has 15 rings (SSSR count). The molecule has 0 saturated carbocycles. The molecule has 64 heavy (non-hydrogen) atoms. The van der Waals surface area contributed by atoms with Crippen LogP contribution in [0.4, 0.5) is 0 Å². The van der Waals surface area contributed by atoms with Gasteiger partial charge < -0.3 is 13.4 Å². The lowest BCUT2D eigenvalue weighted by molar-refractivity contribution is 0.668. The smallest absolute Gasteiger partial charge is 0.135 e. The molecule has 4 aliphatic carbocycles. The Morgan fingerprint density at radius 2 is 1.08 bits per heavy atom. The van der Waals surface area contributed by atoms with E-state index in [0.29, 0.717) is 0 Å². The van der Waals surface area contributed by atoms with Gasteiger partial charge in [0.05, 0.1) is 16.6 Å². The minimum absolute atomic E-state index is 0.344. The van der Waals surface area contributed by atoms with Crippen LogP contribution < -0.4 is 0 Å². The first-order valence-corrected chi connectivity index (χ1v) is 22.7. The van der Waals surface area contributed by atoms with Crippen molar-refractivity contribution in [2.45, 2.75) is 31.1 Å². The summed E-state index contributed by atoms with van der Waals surface area (Å²) in [4.78, 5) is 0. The summed E-state index contributed by atoms with van der Waals surface area (Å²) in [5.74, 6) is 0. The van der Waals surface area contributed by atoms with E-state index < -0.39 is 0 Å². The Balaban J connectivity index is 1.04. The summed E-state index contributed by atoms with van der Waals surface area (Å²) in [6, 6.07) is 62.8. The van der Waals surface area contributed by atoms with Crippen LogP contribution in [0.1, 0.15) is 58.3 Å². The lowest BCUT2D eigenvalue weighted by atomic mass is 9.68. The number of aromatic nitrogens is 1. The van der Waals surface area contributed by atoms with Crippen molar-refractivity contribution in [3.63, 3.8) is 0 Å². The summed E-state index contributed by atoms with van der Waals surface area (Å²) in [6.07, 6.45) is 11.3. The lowest BCUT2D eigenvalue weighted by Gasteiger charge is -2.33. The van der Waals surface area contributed by atoms with E-state index in [1.165, 1.54) is 94.6 Å². The van der Waals surface area contributed by atoms with E-state index in [1.807, 2.05) is 6.07 Å². The van der Waals surface area contributed by atoms with Crippen molar-refractivity contribution >= 4 is 65.9 Å². The average molecular weight is 818 g/mol. The quantitative estimate of drug-likeness (QED) is 0.178. The Kier molecular flexibility index (Phi) is 6.84. The lowest BCUT2D eigenvalue weighted by Crippen LogP contribution is -2.27. The Morgan fingerprint density at radius 1 is 0.469 bits per heavy atom. The van der Waals surface area contributed by atoms with Crippen molar-refractivity contribution in [1.29, 1.82) is 0 Å². The fourth-order valence-corrected chi connectivity index (χ4v) is 12.6. The molecule has 0 amide bonds. The van der Waals surface area contributed by atoms with E-state index in [4.69, 9.17) is 8.83 Å². The van der Waals surface area contributed by atoms with Crippen LogP contribution in [0, 0.1) is 0 Å². The minimum Gasteiger partial charge on any atom is -0.456 e. The predicted molar refractivity (Wildman–Crippen MR) is 262 cm³/mol. The Labute approximate surface area is 369 Å². The highest BCUT2D eigenvalue weighted by atomic mass is 16.3. The van der Waals surface area contributed by atoms with Gasteiger partial charge in [0.1, 0.15) is 22.3 Å². The molecular weight excluding hydrogens is 779 g/mol. The first-order valence-electron chi connectivity index (χ1n) is 22.7. The van der Waals surface area contributed by atoms with E-state index in [9.17, 15) is 0 Å². The van der Waals surface area contributed by atoms with Crippen molar-refractivity contribution in [2.24, 2.45) is 0 Å². The zero-order valence-electron chi connectivity index (χ0n) is 35.0. The van der Waals surface area contributed by atoms with Gasteiger partial charge in [-0.3, -0.25) is 0 Å². The van der Waals surface area contributed by atoms with Crippen LogP contribution in [0.15, 0.2) is 202 Å². The predicted octanol–water partition coefficient (Wildman–Crippen LogP) is 15.9. The van der Waals surface area contributed by atoms with E-state index in [-0.39, 0.29) is 5.41 Å². The topological polar surface area (TPSA) is 31.2 Å². The molecule has 3 heteroatoms. The molecule has 4 aliphatic rings. The molecule has 3 heterocycles. The Morgan fingerprint density at radius 3 is 1.83 bits per heavy atom. The van der Waals surface area contributed by atoms with Crippen molar-refractivity contribution in [3.8, 4) is 27.9 Å². The van der Waals surface area contributed by atoms with Gasteiger partial charge in [0.2, 0.25) is 0 Å². The molecule has 300 valence electrons. The first kappa shape index (κ1) is 34.7. The van der Waals surface area contributed by atoms with E-state index >= 15 is 0 Å². The second-order valence-corrected chi connectivity index (χ2v) is 18.0. The third-order valence-corrected chi connectivity index (χ3v) is 15.0. The average Bonchev–Trinajstić information content (AvgIpc) is 4.15. The summed E-state index contributed by atoms with van der Waals surface area (Å²) in [5.41, 5.74) is 24.6. The van der Waals surface area contributed by atoms with Crippen LogP contribution in [0.25, 0.3) is 93.9 Å². The fourth-order valence-electron chi connectivity index (χ4n) is 12.6. The van der Waals surface area contributed by atoms with Crippen LogP contribution in [0.3, 0.4) is 0 Å². The number of benzene rings is 8. The minimum atomic E-state index is -0.344. The molecule has 0 N–H and O–H groups in total. The Hall–Kier alpha value is -7.88. The number of para-hydroxylation sites is 2. The molecule has 11 aromatic rings. The Bertz CT molecular complexity index is 3920. The second kappa shape index (κ2) is 12.6. The van der Waals surface area contributed by atoms with Gasteiger partial charge in [0.15, 0.2) is 0 Å². The number of nitrogens with zero attached hydrogens (tertiary/aromatic N) is 1. The molecule has 0 atom stereocenters. The number of hydrogen-bond acceptors (Lipinski definition) is 2. The highest BCUT2D eigenvalue weighted by Gasteiger charge is 2.53. The molecule has 8 aromatic carbocycles. The van der Waals surface area contributed by atoms with E-state index in [0.717, 1.165) is 69.6 Å². The molecule has 1 spiro atoms. The summed E-state index contributed by atoms with van der Waals surface area (Å²) < 4.78 is 15.4. The second-order valence-electron chi connectivity index (χ2n) is 18.0. The highest BCUT2D eigenvalue weighted by molar-refractivity contribution is 6.13. The van der Waals surface area contributed by atoms with E-state index in [1.54, 1.807) is 0 Å². The van der Waals surface area contributed by atoms with Gasteiger partial charge in [0, 0.05) is 43.8 Å². The maximum Gasteiger partial charge on any atom is 0.135 e. The highest BCUT2D eigenvalue weighted by Crippen LogP contribution is 2.64. The summed E-state index contributed by atoms with van der Waals surface area (Å²) >= 11 is 0.